The van der Waals surface area contributed by atoms with E-state index in [1.165, 1.54) is 11.1 Å². The third-order valence-electron chi connectivity index (χ3n) is 5.51. The zero-order valence-electron chi connectivity index (χ0n) is 13.2. The Bertz CT molecular complexity index is 666. The van der Waals surface area contributed by atoms with E-state index in [1.807, 2.05) is 6.92 Å². The van der Waals surface area contributed by atoms with Crippen LogP contribution in [-0.4, -0.2) is 9.55 Å². The number of aromatic nitrogens is 2. The number of alkyl halides is 1. The van der Waals surface area contributed by atoms with Gasteiger partial charge in [0.05, 0.1) is 16.4 Å². The standard InChI is InChI=1S/C17H23ClN2/c1-10-8-7-9-12-13(10)19-14(11(2)18)20(12)15-16(3,4)17(15,5)6/h7-9,11,15H,1-6H3. The highest BCUT2D eigenvalue weighted by Gasteiger charge is 2.66. The van der Waals surface area contributed by atoms with Crippen molar-refractivity contribution in [2.24, 2.45) is 10.8 Å². The molecule has 1 heterocycles. The predicted molar refractivity (Wildman–Crippen MR) is 85.3 cm³/mol. The molecule has 2 nitrogen and oxygen atoms in total. The number of hydrogen-bond donors (Lipinski definition) is 0. The van der Waals surface area contributed by atoms with Crippen molar-refractivity contribution >= 4 is 22.6 Å². The summed E-state index contributed by atoms with van der Waals surface area (Å²) in [6.45, 7) is 13.5. The van der Waals surface area contributed by atoms with Crippen LogP contribution >= 0.6 is 11.6 Å². The van der Waals surface area contributed by atoms with Gasteiger partial charge in [0.25, 0.3) is 0 Å². The van der Waals surface area contributed by atoms with Crippen molar-refractivity contribution in [2.45, 2.75) is 53.0 Å². The molecule has 0 aliphatic heterocycles. The van der Waals surface area contributed by atoms with Gasteiger partial charge < -0.3 is 4.57 Å². The highest BCUT2D eigenvalue weighted by Crippen LogP contribution is 2.72. The molecule has 0 saturated heterocycles. The molecule has 0 bridgehead atoms. The Morgan fingerprint density at radius 1 is 1.20 bits per heavy atom. The maximum absolute atomic E-state index is 6.41. The number of para-hydroxylation sites is 1. The molecule has 0 amide bonds. The summed E-state index contributed by atoms with van der Waals surface area (Å²) in [6.07, 6.45) is 0. The van der Waals surface area contributed by atoms with Gasteiger partial charge in [-0.15, -0.1) is 11.6 Å². The third-order valence-corrected chi connectivity index (χ3v) is 5.70. The lowest BCUT2D eigenvalue weighted by molar-refractivity contribution is 0.457. The van der Waals surface area contributed by atoms with Gasteiger partial charge in [0.15, 0.2) is 0 Å². The molecule has 1 fully saturated rings. The van der Waals surface area contributed by atoms with Crippen LogP contribution in [0.3, 0.4) is 0 Å². The molecule has 0 radical (unpaired) electrons. The van der Waals surface area contributed by atoms with E-state index in [4.69, 9.17) is 16.6 Å². The first-order chi connectivity index (χ1) is 9.19. The normalized spacial score (nSPS) is 22.1. The van der Waals surface area contributed by atoms with Crippen molar-refractivity contribution in [2.75, 3.05) is 0 Å². The molecule has 3 rings (SSSR count). The Hall–Kier alpha value is -1.02. The lowest BCUT2D eigenvalue weighted by Crippen LogP contribution is -2.06. The summed E-state index contributed by atoms with van der Waals surface area (Å²) in [5, 5.41) is -0.0750. The highest BCUT2D eigenvalue weighted by atomic mass is 35.5. The molecule has 0 N–H and O–H groups in total. The summed E-state index contributed by atoms with van der Waals surface area (Å²) in [7, 11) is 0. The van der Waals surface area contributed by atoms with Crippen molar-refractivity contribution in [3.05, 3.63) is 29.6 Å². The Labute approximate surface area is 126 Å². The molecular weight excluding hydrogens is 268 g/mol. The van der Waals surface area contributed by atoms with Gasteiger partial charge in [-0.2, -0.15) is 0 Å². The van der Waals surface area contributed by atoms with E-state index in [2.05, 4.69) is 57.4 Å². The fourth-order valence-electron chi connectivity index (χ4n) is 3.63. The second-order valence-electron chi connectivity index (χ2n) is 7.24. The molecule has 2 aromatic rings. The number of halogens is 1. The van der Waals surface area contributed by atoms with Gasteiger partial charge in [0, 0.05) is 6.04 Å². The van der Waals surface area contributed by atoms with E-state index in [9.17, 15) is 0 Å². The first-order valence-electron chi connectivity index (χ1n) is 7.31. The molecule has 1 aromatic carbocycles. The van der Waals surface area contributed by atoms with Crippen LogP contribution in [0, 0.1) is 17.8 Å². The minimum Gasteiger partial charge on any atom is -0.322 e. The zero-order valence-corrected chi connectivity index (χ0v) is 13.9. The minimum atomic E-state index is -0.0750. The molecule has 1 saturated carbocycles. The molecule has 20 heavy (non-hydrogen) atoms. The van der Waals surface area contributed by atoms with E-state index in [1.54, 1.807) is 0 Å². The van der Waals surface area contributed by atoms with E-state index >= 15 is 0 Å². The molecule has 1 aliphatic rings. The lowest BCUT2D eigenvalue weighted by Gasteiger charge is -2.13. The van der Waals surface area contributed by atoms with Crippen LogP contribution in [0.1, 0.15) is 57.4 Å². The highest BCUT2D eigenvalue weighted by molar-refractivity contribution is 6.20. The van der Waals surface area contributed by atoms with Gasteiger partial charge in [-0.25, -0.2) is 4.98 Å². The van der Waals surface area contributed by atoms with E-state index in [0.29, 0.717) is 6.04 Å². The van der Waals surface area contributed by atoms with Crippen molar-refractivity contribution in [3.63, 3.8) is 0 Å². The van der Waals surface area contributed by atoms with Crippen molar-refractivity contribution in [1.29, 1.82) is 0 Å². The van der Waals surface area contributed by atoms with E-state index in [0.717, 1.165) is 11.3 Å². The average molecular weight is 291 g/mol. The molecular formula is C17H23ClN2. The van der Waals surface area contributed by atoms with Crippen LogP contribution in [0.5, 0.6) is 0 Å². The van der Waals surface area contributed by atoms with Crippen molar-refractivity contribution < 1.29 is 0 Å². The SMILES string of the molecule is Cc1cccc2c1nc(C(C)Cl)n2C1C(C)(C)C1(C)C. The summed E-state index contributed by atoms with van der Waals surface area (Å²) < 4.78 is 2.39. The quantitative estimate of drug-likeness (QED) is 0.691. The summed E-state index contributed by atoms with van der Waals surface area (Å²) in [5.74, 6) is 1.000. The number of imidazole rings is 1. The first-order valence-corrected chi connectivity index (χ1v) is 7.74. The van der Waals surface area contributed by atoms with Gasteiger partial charge in [-0.1, -0.05) is 39.8 Å². The first kappa shape index (κ1) is 13.9. The zero-order chi connectivity index (χ0) is 14.9. The average Bonchev–Trinajstić information content (AvgIpc) is 2.66. The second-order valence-corrected chi connectivity index (χ2v) is 7.90. The van der Waals surface area contributed by atoms with Gasteiger partial charge in [0.2, 0.25) is 0 Å². The van der Waals surface area contributed by atoms with Crippen LogP contribution in [-0.2, 0) is 0 Å². The lowest BCUT2D eigenvalue weighted by atomic mass is 10.0. The van der Waals surface area contributed by atoms with E-state index in [-0.39, 0.29) is 16.2 Å². The molecule has 1 aromatic heterocycles. The van der Waals surface area contributed by atoms with Crippen molar-refractivity contribution in [3.8, 4) is 0 Å². The third kappa shape index (κ3) is 1.60. The number of aryl methyl sites for hydroxylation is 1. The number of benzene rings is 1. The topological polar surface area (TPSA) is 17.8 Å². The Kier molecular flexibility index (Phi) is 2.79. The van der Waals surface area contributed by atoms with Crippen LogP contribution in [0.25, 0.3) is 11.0 Å². The minimum absolute atomic E-state index is 0.0750. The number of hydrogen-bond acceptors (Lipinski definition) is 1. The fourth-order valence-corrected chi connectivity index (χ4v) is 3.79. The molecule has 1 unspecified atom stereocenters. The summed E-state index contributed by atoms with van der Waals surface area (Å²) in [6, 6.07) is 6.85. The smallest absolute Gasteiger partial charge is 0.128 e. The summed E-state index contributed by atoms with van der Waals surface area (Å²) >= 11 is 6.41. The van der Waals surface area contributed by atoms with Gasteiger partial charge >= 0.3 is 0 Å². The van der Waals surface area contributed by atoms with Crippen LogP contribution in [0.15, 0.2) is 18.2 Å². The van der Waals surface area contributed by atoms with E-state index < -0.39 is 0 Å². The van der Waals surface area contributed by atoms with Gasteiger partial charge in [-0.3, -0.25) is 0 Å². The monoisotopic (exact) mass is 290 g/mol. The Morgan fingerprint density at radius 3 is 2.30 bits per heavy atom. The molecule has 108 valence electrons. The second kappa shape index (κ2) is 4.00. The van der Waals surface area contributed by atoms with Gasteiger partial charge in [-0.05, 0) is 36.3 Å². The number of rotatable bonds is 2. The fraction of sp³-hybridized carbons (Fsp3) is 0.588. The summed E-state index contributed by atoms with van der Waals surface area (Å²) in [4.78, 5) is 4.84. The van der Waals surface area contributed by atoms with Crippen LogP contribution < -0.4 is 0 Å². The van der Waals surface area contributed by atoms with Crippen molar-refractivity contribution in [1.82, 2.24) is 9.55 Å². The summed E-state index contributed by atoms with van der Waals surface area (Å²) in [5.41, 5.74) is 4.07. The molecule has 3 heteroatoms. The molecule has 1 aliphatic carbocycles. The largest absolute Gasteiger partial charge is 0.322 e. The predicted octanol–water partition coefficient (Wildman–Crippen LogP) is 5.25. The number of fused-ring (bicyclic) bond motifs is 1. The molecule has 0 spiro atoms. The molecule has 1 atom stereocenters. The van der Waals surface area contributed by atoms with Crippen LogP contribution in [0.2, 0.25) is 0 Å². The number of nitrogens with zero attached hydrogens (tertiary/aromatic N) is 2. The maximum atomic E-state index is 6.41. The van der Waals surface area contributed by atoms with Gasteiger partial charge in [0.1, 0.15) is 5.82 Å². The van der Waals surface area contributed by atoms with Crippen LogP contribution in [0.4, 0.5) is 0 Å². The Balaban J connectivity index is 2.30. The maximum Gasteiger partial charge on any atom is 0.128 e. The Morgan fingerprint density at radius 2 is 1.80 bits per heavy atom.